The van der Waals surface area contributed by atoms with Gasteiger partial charge in [-0.05, 0) is 37.5 Å². The van der Waals surface area contributed by atoms with E-state index in [9.17, 15) is 18.0 Å². The quantitative estimate of drug-likeness (QED) is 0.422. The van der Waals surface area contributed by atoms with Crippen LogP contribution in [0.1, 0.15) is 42.1 Å². The fraction of sp³-hybridized carbons (Fsp3) is 0.438. The molecule has 1 aromatic rings. The van der Waals surface area contributed by atoms with E-state index in [1.807, 2.05) is 19.1 Å². The summed E-state index contributed by atoms with van der Waals surface area (Å²) in [5.41, 5.74) is -0.888. The molecule has 0 saturated carbocycles. The number of nitrogens with zero attached hydrogens (tertiary/aromatic N) is 1. The van der Waals surface area contributed by atoms with Gasteiger partial charge >= 0.3 is 6.18 Å². The van der Waals surface area contributed by atoms with Gasteiger partial charge in [-0.3, -0.25) is 9.63 Å². The number of benzene rings is 1. The first-order valence-electron chi connectivity index (χ1n) is 7.08. The van der Waals surface area contributed by atoms with Gasteiger partial charge in [0.2, 0.25) is 0 Å². The summed E-state index contributed by atoms with van der Waals surface area (Å²) in [4.78, 5) is 17.2. The van der Waals surface area contributed by atoms with E-state index in [2.05, 4.69) is 0 Å². The van der Waals surface area contributed by atoms with E-state index < -0.39 is 17.6 Å². The van der Waals surface area contributed by atoms with Crippen LogP contribution < -0.4 is 0 Å². The number of halogens is 3. The monoisotopic (exact) mass is 315 g/mol. The second-order valence-electron chi connectivity index (χ2n) is 4.69. The molecule has 0 aliphatic heterocycles. The molecule has 0 unspecified atom stereocenters. The molecule has 0 radical (unpaired) electrons. The van der Waals surface area contributed by atoms with Crippen molar-refractivity contribution in [2.24, 2.45) is 0 Å². The van der Waals surface area contributed by atoms with E-state index in [4.69, 9.17) is 4.84 Å². The largest absolute Gasteiger partial charge is 0.416 e. The van der Waals surface area contributed by atoms with Crippen LogP contribution in [0.25, 0.3) is 0 Å². The lowest BCUT2D eigenvalue weighted by atomic mass is 10.1. The second kappa shape index (κ2) is 8.58. The predicted octanol–water partition coefficient (Wildman–Crippen LogP) is 4.46. The molecule has 0 aliphatic rings. The highest BCUT2D eigenvalue weighted by molar-refractivity contribution is 5.93. The number of hydrogen-bond acceptors (Lipinski definition) is 2. The second-order valence-corrected chi connectivity index (χ2v) is 4.69. The Bertz CT molecular complexity index is 512. The molecule has 0 N–H and O–H groups in total. The van der Waals surface area contributed by atoms with Crippen LogP contribution in [0.2, 0.25) is 0 Å². The van der Waals surface area contributed by atoms with Crippen molar-refractivity contribution in [3.05, 3.63) is 47.5 Å². The fourth-order valence-electron chi connectivity index (χ4n) is 1.89. The van der Waals surface area contributed by atoms with E-state index in [1.165, 1.54) is 19.2 Å². The zero-order chi connectivity index (χ0) is 16.6. The average Bonchev–Trinajstić information content (AvgIpc) is 2.49. The predicted molar refractivity (Wildman–Crippen MR) is 78.2 cm³/mol. The maximum atomic E-state index is 12.7. The highest BCUT2D eigenvalue weighted by Gasteiger charge is 2.31. The van der Waals surface area contributed by atoms with Crippen molar-refractivity contribution in [3.8, 4) is 0 Å². The molecular weight excluding hydrogens is 295 g/mol. The summed E-state index contributed by atoms with van der Waals surface area (Å²) in [6.45, 7) is 2.34. The van der Waals surface area contributed by atoms with E-state index >= 15 is 0 Å². The molecule has 0 bridgehead atoms. The molecule has 122 valence electrons. The van der Waals surface area contributed by atoms with Gasteiger partial charge in [0.05, 0.1) is 12.7 Å². The molecule has 22 heavy (non-hydrogen) atoms. The minimum Gasteiger partial charge on any atom is -0.274 e. The van der Waals surface area contributed by atoms with E-state index in [0.717, 1.165) is 30.0 Å². The molecule has 0 fully saturated rings. The van der Waals surface area contributed by atoms with Crippen LogP contribution in [0.15, 0.2) is 36.4 Å². The van der Waals surface area contributed by atoms with Crippen LogP contribution in [0.4, 0.5) is 13.2 Å². The lowest BCUT2D eigenvalue weighted by Crippen LogP contribution is -2.31. The number of carbonyl (C=O) groups excluding carboxylic acids is 1. The van der Waals surface area contributed by atoms with Gasteiger partial charge < -0.3 is 0 Å². The summed E-state index contributed by atoms with van der Waals surface area (Å²) in [6, 6.07) is 4.34. The molecule has 0 heterocycles. The summed E-state index contributed by atoms with van der Waals surface area (Å²) >= 11 is 0. The lowest BCUT2D eigenvalue weighted by Gasteiger charge is -2.20. The maximum Gasteiger partial charge on any atom is 0.416 e. The summed E-state index contributed by atoms with van der Waals surface area (Å²) in [5.74, 6) is -0.576. The Hall–Kier alpha value is -1.82. The van der Waals surface area contributed by atoms with Crippen LogP contribution in [0.3, 0.4) is 0 Å². The van der Waals surface area contributed by atoms with Gasteiger partial charge in [0.15, 0.2) is 0 Å². The van der Waals surface area contributed by atoms with Crippen LogP contribution >= 0.6 is 0 Å². The minimum absolute atomic E-state index is 0.0409. The number of hydroxylamine groups is 2. The minimum atomic E-state index is -4.47. The molecule has 1 rings (SSSR count). The molecule has 3 nitrogen and oxygen atoms in total. The van der Waals surface area contributed by atoms with Crippen molar-refractivity contribution in [2.75, 3.05) is 13.7 Å². The Kier molecular flexibility index (Phi) is 7.11. The SMILES string of the molecule is CC/C=C/CCCN(OC)C(=O)c1cccc(C(F)(F)F)c1. The van der Waals surface area contributed by atoms with E-state index in [-0.39, 0.29) is 5.56 Å². The van der Waals surface area contributed by atoms with Crippen LogP contribution in [-0.4, -0.2) is 24.6 Å². The fourth-order valence-corrected chi connectivity index (χ4v) is 1.89. The number of unbranched alkanes of at least 4 members (excludes halogenated alkanes) is 1. The Morgan fingerprint density at radius 3 is 2.64 bits per heavy atom. The van der Waals surface area contributed by atoms with Crippen molar-refractivity contribution < 1.29 is 22.8 Å². The van der Waals surface area contributed by atoms with Gasteiger partial charge in [-0.1, -0.05) is 25.1 Å². The standard InChI is InChI=1S/C16H20F3NO2/c1-3-4-5-6-7-11-20(22-2)15(21)13-9-8-10-14(12-13)16(17,18)19/h4-5,8-10,12H,3,6-7,11H2,1-2H3/b5-4+. The molecule has 6 heteroatoms. The number of amides is 1. The van der Waals surface area contributed by atoms with Crippen molar-refractivity contribution in [1.82, 2.24) is 5.06 Å². The molecule has 0 aromatic heterocycles. The summed E-state index contributed by atoms with van der Waals surface area (Å²) < 4.78 is 38.0. The van der Waals surface area contributed by atoms with Gasteiger partial charge in [-0.2, -0.15) is 13.2 Å². The zero-order valence-corrected chi connectivity index (χ0v) is 12.7. The number of rotatable bonds is 7. The highest BCUT2D eigenvalue weighted by Crippen LogP contribution is 2.29. The first-order chi connectivity index (χ1) is 10.4. The third-order valence-corrected chi connectivity index (χ3v) is 3.02. The molecule has 0 spiro atoms. The van der Waals surface area contributed by atoms with Gasteiger partial charge in [-0.15, -0.1) is 0 Å². The third kappa shape index (κ3) is 5.52. The van der Waals surface area contributed by atoms with E-state index in [1.54, 1.807) is 0 Å². The molecular formula is C16H20F3NO2. The van der Waals surface area contributed by atoms with Crippen LogP contribution in [-0.2, 0) is 11.0 Å². The van der Waals surface area contributed by atoms with E-state index in [0.29, 0.717) is 13.0 Å². The summed E-state index contributed by atoms with van der Waals surface area (Å²) in [7, 11) is 1.33. The Balaban J connectivity index is 2.73. The number of allylic oxidation sites excluding steroid dienone is 2. The van der Waals surface area contributed by atoms with Crippen molar-refractivity contribution in [2.45, 2.75) is 32.4 Å². The van der Waals surface area contributed by atoms with Crippen LogP contribution in [0, 0.1) is 0 Å². The Morgan fingerprint density at radius 2 is 2.05 bits per heavy atom. The zero-order valence-electron chi connectivity index (χ0n) is 12.7. The highest BCUT2D eigenvalue weighted by atomic mass is 19.4. The number of carbonyl (C=O) groups is 1. The average molecular weight is 315 g/mol. The molecule has 1 amide bonds. The summed E-state index contributed by atoms with van der Waals surface area (Å²) in [5, 5.41) is 1.08. The topological polar surface area (TPSA) is 29.5 Å². The molecule has 0 atom stereocenters. The van der Waals surface area contributed by atoms with Gasteiger partial charge in [0.1, 0.15) is 0 Å². The van der Waals surface area contributed by atoms with Crippen LogP contribution in [0.5, 0.6) is 0 Å². The lowest BCUT2D eigenvalue weighted by molar-refractivity contribution is -0.137. The molecule has 0 aliphatic carbocycles. The maximum absolute atomic E-state index is 12.7. The van der Waals surface area contributed by atoms with Gasteiger partial charge in [0, 0.05) is 12.1 Å². The van der Waals surface area contributed by atoms with Gasteiger partial charge in [-0.25, -0.2) is 5.06 Å². The van der Waals surface area contributed by atoms with Crippen molar-refractivity contribution >= 4 is 5.91 Å². The number of hydrogen-bond donors (Lipinski definition) is 0. The number of alkyl halides is 3. The third-order valence-electron chi connectivity index (χ3n) is 3.02. The normalized spacial score (nSPS) is 11.9. The van der Waals surface area contributed by atoms with Crippen molar-refractivity contribution in [1.29, 1.82) is 0 Å². The Morgan fingerprint density at radius 1 is 1.32 bits per heavy atom. The van der Waals surface area contributed by atoms with Crippen molar-refractivity contribution in [3.63, 3.8) is 0 Å². The smallest absolute Gasteiger partial charge is 0.274 e. The molecule has 0 saturated heterocycles. The molecule has 1 aromatic carbocycles. The Labute approximate surface area is 128 Å². The summed E-state index contributed by atoms with van der Waals surface area (Å²) in [6.07, 6.45) is 1.95. The first-order valence-corrected chi connectivity index (χ1v) is 7.08. The van der Waals surface area contributed by atoms with Gasteiger partial charge in [0.25, 0.3) is 5.91 Å². The first kappa shape index (κ1) is 18.2.